The number of imide groups is 2. The van der Waals surface area contributed by atoms with Gasteiger partial charge in [0.25, 0.3) is 5.91 Å². The Kier molecular flexibility index (Phi) is 6.13. The van der Waals surface area contributed by atoms with Gasteiger partial charge in [0.15, 0.2) is 5.92 Å². The van der Waals surface area contributed by atoms with Gasteiger partial charge in [-0.15, -0.1) is 0 Å². The van der Waals surface area contributed by atoms with E-state index in [2.05, 4.69) is 10.3 Å². The SMILES string of the molecule is COc1cc(CN=CC2C(=O)NC(=O)N(c3ccccc3Cl)C2=O)cc(OC)c1. The molecule has 1 aliphatic heterocycles. The van der Waals surface area contributed by atoms with Crippen molar-refractivity contribution in [2.24, 2.45) is 10.9 Å². The fraction of sp³-hybridized carbons (Fsp3) is 0.200. The van der Waals surface area contributed by atoms with Gasteiger partial charge in [0.2, 0.25) is 5.91 Å². The number of carbonyl (C=O) groups excluding carboxylic acids is 3. The third-order valence-corrected chi connectivity index (χ3v) is 4.55. The number of carbonyl (C=O) groups is 3. The van der Waals surface area contributed by atoms with Crippen LogP contribution in [-0.4, -0.2) is 38.3 Å². The minimum absolute atomic E-state index is 0.185. The van der Waals surface area contributed by atoms with Gasteiger partial charge in [-0.3, -0.25) is 19.9 Å². The van der Waals surface area contributed by atoms with Crippen molar-refractivity contribution in [1.29, 1.82) is 0 Å². The largest absolute Gasteiger partial charge is 0.497 e. The maximum Gasteiger partial charge on any atom is 0.335 e. The van der Waals surface area contributed by atoms with E-state index in [0.29, 0.717) is 11.5 Å². The second-order valence-corrected chi connectivity index (χ2v) is 6.52. The molecule has 0 radical (unpaired) electrons. The van der Waals surface area contributed by atoms with Crippen molar-refractivity contribution in [3.8, 4) is 11.5 Å². The highest BCUT2D eigenvalue weighted by Crippen LogP contribution is 2.28. The average molecular weight is 416 g/mol. The molecule has 0 bridgehead atoms. The lowest BCUT2D eigenvalue weighted by Crippen LogP contribution is -2.58. The molecule has 1 fully saturated rings. The monoisotopic (exact) mass is 415 g/mol. The molecular weight excluding hydrogens is 398 g/mol. The number of anilines is 1. The Morgan fingerprint density at radius 3 is 2.38 bits per heavy atom. The van der Waals surface area contributed by atoms with E-state index in [1.54, 1.807) is 36.4 Å². The van der Waals surface area contributed by atoms with E-state index in [0.717, 1.165) is 10.5 Å². The molecule has 1 saturated heterocycles. The van der Waals surface area contributed by atoms with Gasteiger partial charge in [0.05, 0.1) is 31.5 Å². The number of hydrogen-bond acceptors (Lipinski definition) is 6. The van der Waals surface area contributed by atoms with Crippen LogP contribution in [0.25, 0.3) is 0 Å². The van der Waals surface area contributed by atoms with Crippen molar-refractivity contribution in [3.05, 3.63) is 53.1 Å². The first-order valence-electron chi connectivity index (χ1n) is 8.59. The van der Waals surface area contributed by atoms with Gasteiger partial charge in [-0.2, -0.15) is 0 Å². The van der Waals surface area contributed by atoms with Crippen LogP contribution in [0.15, 0.2) is 47.5 Å². The summed E-state index contributed by atoms with van der Waals surface area (Å²) in [6.07, 6.45) is 1.22. The van der Waals surface area contributed by atoms with Gasteiger partial charge in [-0.25, -0.2) is 9.69 Å². The molecule has 2 aromatic rings. The van der Waals surface area contributed by atoms with Gasteiger partial charge < -0.3 is 9.47 Å². The maximum absolute atomic E-state index is 12.8. The van der Waals surface area contributed by atoms with Crippen LogP contribution >= 0.6 is 11.6 Å². The second-order valence-electron chi connectivity index (χ2n) is 6.11. The minimum Gasteiger partial charge on any atom is -0.497 e. The quantitative estimate of drug-likeness (QED) is 0.578. The van der Waals surface area contributed by atoms with Crippen molar-refractivity contribution < 1.29 is 23.9 Å². The molecule has 1 atom stereocenters. The zero-order chi connectivity index (χ0) is 21.0. The molecule has 150 valence electrons. The van der Waals surface area contributed by atoms with Crippen molar-refractivity contribution in [2.75, 3.05) is 19.1 Å². The van der Waals surface area contributed by atoms with Gasteiger partial charge in [-0.1, -0.05) is 23.7 Å². The topological polar surface area (TPSA) is 97.3 Å². The predicted octanol–water partition coefficient (Wildman–Crippen LogP) is 2.83. The lowest BCUT2D eigenvalue weighted by molar-refractivity contribution is -0.131. The second kappa shape index (κ2) is 8.74. The number of amides is 4. The Morgan fingerprint density at radius 1 is 1.10 bits per heavy atom. The molecule has 2 aromatic carbocycles. The Bertz CT molecular complexity index is 970. The Hall–Kier alpha value is -3.39. The molecule has 1 heterocycles. The predicted molar refractivity (Wildman–Crippen MR) is 108 cm³/mol. The van der Waals surface area contributed by atoms with E-state index >= 15 is 0 Å². The molecule has 0 aromatic heterocycles. The Balaban J connectivity index is 1.81. The molecular formula is C20H18ClN3O5. The first kappa shape index (κ1) is 20.3. The van der Waals surface area contributed by atoms with E-state index in [1.165, 1.54) is 26.5 Å². The number of ether oxygens (including phenoxy) is 2. The van der Waals surface area contributed by atoms with Crippen LogP contribution in [0.1, 0.15) is 5.56 Å². The molecule has 3 rings (SSSR count). The van der Waals surface area contributed by atoms with E-state index in [-0.39, 0.29) is 17.3 Å². The molecule has 0 saturated carbocycles. The smallest absolute Gasteiger partial charge is 0.335 e. The molecule has 29 heavy (non-hydrogen) atoms. The van der Waals surface area contributed by atoms with Crippen molar-refractivity contribution in [1.82, 2.24) is 5.32 Å². The zero-order valence-electron chi connectivity index (χ0n) is 15.7. The summed E-state index contributed by atoms with van der Waals surface area (Å²) in [4.78, 5) is 42.2. The van der Waals surface area contributed by atoms with E-state index in [9.17, 15) is 14.4 Å². The maximum atomic E-state index is 12.8. The number of aliphatic imine (C=N–C) groups is 1. The number of rotatable bonds is 6. The summed E-state index contributed by atoms with van der Waals surface area (Å²) in [5.41, 5.74) is 0.959. The molecule has 1 aliphatic rings. The number of para-hydroxylation sites is 1. The lowest BCUT2D eigenvalue weighted by Gasteiger charge is -2.29. The van der Waals surface area contributed by atoms with Gasteiger partial charge in [-0.05, 0) is 29.8 Å². The summed E-state index contributed by atoms with van der Waals surface area (Å²) >= 11 is 6.10. The average Bonchev–Trinajstić information content (AvgIpc) is 2.71. The van der Waals surface area contributed by atoms with Crippen LogP contribution in [0.2, 0.25) is 5.02 Å². The number of halogens is 1. The zero-order valence-corrected chi connectivity index (χ0v) is 16.5. The van der Waals surface area contributed by atoms with Crippen molar-refractivity contribution in [2.45, 2.75) is 6.54 Å². The Labute approximate surface area is 172 Å². The van der Waals surface area contributed by atoms with Crippen LogP contribution in [0.4, 0.5) is 10.5 Å². The number of barbiturate groups is 1. The highest BCUT2D eigenvalue weighted by Gasteiger charge is 2.41. The van der Waals surface area contributed by atoms with Crippen LogP contribution in [-0.2, 0) is 16.1 Å². The number of nitrogens with zero attached hydrogens (tertiary/aromatic N) is 2. The highest BCUT2D eigenvalue weighted by molar-refractivity contribution is 6.38. The molecule has 9 heteroatoms. The highest BCUT2D eigenvalue weighted by atomic mass is 35.5. The third-order valence-electron chi connectivity index (χ3n) is 4.24. The van der Waals surface area contributed by atoms with E-state index in [1.807, 2.05) is 0 Å². The van der Waals surface area contributed by atoms with E-state index < -0.39 is 23.8 Å². The van der Waals surface area contributed by atoms with Gasteiger partial charge >= 0.3 is 6.03 Å². The summed E-state index contributed by atoms with van der Waals surface area (Å²) in [5.74, 6) is -1.53. The first-order valence-corrected chi connectivity index (χ1v) is 8.97. The van der Waals surface area contributed by atoms with Gasteiger partial charge in [0.1, 0.15) is 11.5 Å². The summed E-state index contributed by atoms with van der Waals surface area (Å²) in [6.45, 7) is 0.185. The summed E-state index contributed by atoms with van der Waals surface area (Å²) in [5, 5.41) is 2.37. The number of benzene rings is 2. The molecule has 8 nitrogen and oxygen atoms in total. The van der Waals surface area contributed by atoms with Crippen LogP contribution < -0.4 is 19.7 Å². The van der Waals surface area contributed by atoms with Gasteiger partial charge in [0, 0.05) is 12.3 Å². The fourth-order valence-corrected chi connectivity index (χ4v) is 3.02. The number of hydrogen-bond donors (Lipinski definition) is 1. The minimum atomic E-state index is -1.25. The molecule has 0 spiro atoms. The van der Waals surface area contributed by atoms with Crippen LogP contribution in [0.5, 0.6) is 11.5 Å². The molecule has 0 aliphatic carbocycles. The Morgan fingerprint density at radius 2 is 1.76 bits per heavy atom. The number of urea groups is 1. The lowest BCUT2D eigenvalue weighted by atomic mass is 10.1. The number of methoxy groups -OCH3 is 2. The summed E-state index contributed by atoms with van der Waals surface area (Å²) in [6, 6.07) is 10.8. The standard InChI is InChI=1S/C20H18ClN3O5/c1-28-13-7-12(8-14(9-13)29-2)10-22-11-15-18(25)23-20(27)24(19(15)26)17-6-4-3-5-16(17)21/h3-9,11,15H,10H2,1-2H3,(H,23,25,27). The first-order chi connectivity index (χ1) is 13.9. The van der Waals surface area contributed by atoms with Crippen molar-refractivity contribution >= 4 is 41.3 Å². The summed E-state index contributed by atoms with van der Waals surface area (Å²) in [7, 11) is 3.07. The fourth-order valence-electron chi connectivity index (χ4n) is 2.80. The number of nitrogens with one attached hydrogen (secondary N) is 1. The van der Waals surface area contributed by atoms with Crippen molar-refractivity contribution in [3.63, 3.8) is 0 Å². The molecule has 4 amide bonds. The normalized spacial score (nSPS) is 16.9. The van der Waals surface area contributed by atoms with Crippen LogP contribution in [0.3, 0.4) is 0 Å². The summed E-state index contributed by atoms with van der Waals surface area (Å²) < 4.78 is 10.4. The molecule has 1 N–H and O–H groups in total. The van der Waals surface area contributed by atoms with Crippen LogP contribution in [0, 0.1) is 5.92 Å². The third kappa shape index (κ3) is 4.38. The van der Waals surface area contributed by atoms with E-state index in [4.69, 9.17) is 21.1 Å². The molecule has 1 unspecified atom stereocenters.